The topological polar surface area (TPSA) is 90.0 Å². The van der Waals surface area contributed by atoms with Crippen molar-refractivity contribution in [2.75, 3.05) is 52.9 Å². The molecular weight excluding hydrogens is 440 g/mol. The molecule has 4 rings (SSSR count). The van der Waals surface area contributed by atoms with Crippen LogP contribution in [0.1, 0.15) is 43.2 Å². The first-order valence-electron chi connectivity index (χ1n) is 12.2. The van der Waals surface area contributed by atoms with Crippen molar-refractivity contribution in [2.45, 2.75) is 49.8 Å². The quantitative estimate of drug-likeness (QED) is 0.667. The third-order valence-electron chi connectivity index (χ3n) is 7.27. The number of amides is 2. The van der Waals surface area contributed by atoms with Crippen molar-refractivity contribution in [3.05, 3.63) is 29.3 Å². The molecule has 0 unspecified atom stereocenters. The van der Waals surface area contributed by atoms with Crippen LogP contribution in [0.2, 0.25) is 0 Å². The molecule has 1 aromatic rings. The van der Waals surface area contributed by atoms with Gasteiger partial charge in [-0.15, -0.1) is 0 Å². The summed E-state index contributed by atoms with van der Waals surface area (Å²) < 4.78 is 28.0. The molecule has 9 heteroatoms. The average Bonchev–Trinajstić information content (AvgIpc) is 2.83. The molecule has 0 atom stereocenters. The molecule has 0 radical (unpaired) electrons. The molecule has 33 heavy (non-hydrogen) atoms. The predicted octanol–water partition coefficient (Wildman–Crippen LogP) is 1.25. The summed E-state index contributed by atoms with van der Waals surface area (Å²) in [5.74, 6) is 0.140. The summed E-state index contributed by atoms with van der Waals surface area (Å²) in [5, 5.41) is 0. The van der Waals surface area contributed by atoms with E-state index in [0.29, 0.717) is 25.9 Å². The number of nitrogens with zero attached hydrogens (tertiary/aromatic N) is 3. The molecular formula is C24H36N4O4S. The zero-order chi connectivity index (χ0) is 23.4. The summed E-state index contributed by atoms with van der Waals surface area (Å²) >= 11 is 0. The SMILES string of the molecule is CN1CCN(C(=O)C2CCN(C(=O)CCNS(=O)(=O)c3ccc4c(c3)CCCC4)CC2)CC1. The molecule has 1 aromatic carbocycles. The molecule has 2 fully saturated rings. The first-order chi connectivity index (χ1) is 15.8. The van der Waals surface area contributed by atoms with E-state index in [1.165, 1.54) is 5.56 Å². The molecule has 0 saturated carbocycles. The van der Waals surface area contributed by atoms with Gasteiger partial charge in [-0.1, -0.05) is 6.07 Å². The van der Waals surface area contributed by atoms with Gasteiger partial charge in [0.1, 0.15) is 0 Å². The van der Waals surface area contributed by atoms with Crippen molar-refractivity contribution in [1.82, 2.24) is 19.4 Å². The Kier molecular flexibility index (Phi) is 7.71. The number of nitrogens with one attached hydrogen (secondary N) is 1. The normalized spacial score (nSPS) is 20.5. The molecule has 2 heterocycles. The average molecular weight is 477 g/mol. The van der Waals surface area contributed by atoms with Crippen LogP contribution in [-0.2, 0) is 32.5 Å². The van der Waals surface area contributed by atoms with E-state index in [1.54, 1.807) is 17.0 Å². The number of benzene rings is 1. The Labute approximate surface area is 197 Å². The second kappa shape index (κ2) is 10.5. The van der Waals surface area contributed by atoms with Crippen LogP contribution < -0.4 is 4.72 Å². The van der Waals surface area contributed by atoms with E-state index in [9.17, 15) is 18.0 Å². The molecule has 0 aromatic heterocycles. The monoisotopic (exact) mass is 476 g/mol. The van der Waals surface area contributed by atoms with Crippen molar-refractivity contribution in [3.63, 3.8) is 0 Å². The number of fused-ring (bicyclic) bond motifs is 1. The number of likely N-dealkylation sites (N-methyl/N-ethyl adjacent to an activating group) is 1. The van der Waals surface area contributed by atoms with Crippen LogP contribution in [0.3, 0.4) is 0 Å². The van der Waals surface area contributed by atoms with Gasteiger partial charge in [-0.3, -0.25) is 9.59 Å². The fourth-order valence-electron chi connectivity index (χ4n) is 5.07. The number of rotatable bonds is 6. The minimum absolute atomic E-state index is 0.0139. The van der Waals surface area contributed by atoms with Crippen LogP contribution in [0.25, 0.3) is 0 Å². The van der Waals surface area contributed by atoms with Crippen LogP contribution in [0.4, 0.5) is 0 Å². The van der Waals surface area contributed by atoms with Gasteiger partial charge in [0.2, 0.25) is 21.8 Å². The van der Waals surface area contributed by atoms with Gasteiger partial charge in [0.25, 0.3) is 0 Å². The third kappa shape index (κ3) is 5.94. The Hall–Kier alpha value is -1.97. The van der Waals surface area contributed by atoms with E-state index in [2.05, 4.69) is 16.7 Å². The van der Waals surface area contributed by atoms with Gasteiger partial charge in [0.05, 0.1) is 4.90 Å². The van der Waals surface area contributed by atoms with Crippen LogP contribution in [0, 0.1) is 5.92 Å². The van der Waals surface area contributed by atoms with Gasteiger partial charge >= 0.3 is 0 Å². The lowest BCUT2D eigenvalue weighted by Crippen LogP contribution is -2.51. The number of carbonyl (C=O) groups is 2. The van der Waals surface area contributed by atoms with Gasteiger partial charge in [0.15, 0.2) is 0 Å². The number of sulfonamides is 1. The third-order valence-corrected chi connectivity index (χ3v) is 8.73. The minimum Gasteiger partial charge on any atom is -0.343 e. The molecule has 1 aliphatic carbocycles. The highest BCUT2D eigenvalue weighted by Gasteiger charge is 2.31. The number of piperazine rings is 1. The lowest BCUT2D eigenvalue weighted by atomic mass is 9.92. The molecule has 182 valence electrons. The standard InChI is InChI=1S/C24H36N4O4S/c1-26-14-16-28(17-15-26)24(30)20-9-12-27(13-10-20)23(29)8-11-25-33(31,32)22-7-6-19-4-2-3-5-21(19)18-22/h6-7,18,20,25H,2-5,8-17H2,1H3. The van der Waals surface area contributed by atoms with Gasteiger partial charge in [-0.2, -0.15) is 0 Å². The Bertz CT molecular complexity index is 965. The van der Waals surface area contributed by atoms with Crippen molar-refractivity contribution in [3.8, 4) is 0 Å². The smallest absolute Gasteiger partial charge is 0.240 e. The molecule has 2 saturated heterocycles. The van der Waals surface area contributed by atoms with Crippen molar-refractivity contribution in [2.24, 2.45) is 5.92 Å². The second-order valence-corrected chi connectivity index (χ2v) is 11.3. The zero-order valence-electron chi connectivity index (χ0n) is 19.6. The summed E-state index contributed by atoms with van der Waals surface area (Å²) in [6.45, 7) is 4.56. The van der Waals surface area contributed by atoms with E-state index in [0.717, 1.165) is 57.4 Å². The number of hydrogen-bond donors (Lipinski definition) is 1. The highest BCUT2D eigenvalue weighted by molar-refractivity contribution is 7.89. The lowest BCUT2D eigenvalue weighted by molar-refractivity contribution is -0.141. The van der Waals surface area contributed by atoms with Crippen LogP contribution >= 0.6 is 0 Å². The predicted molar refractivity (Wildman–Crippen MR) is 126 cm³/mol. The molecule has 2 amide bonds. The fraction of sp³-hybridized carbons (Fsp3) is 0.667. The lowest BCUT2D eigenvalue weighted by Gasteiger charge is -2.37. The molecule has 2 aliphatic heterocycles. The number of carbonyl (C=O) groups excluding carboxylic acids is 2. The maximum Gasteiger partial charge on any atom is 0.240 e. The largest absolute Gasteiger partial charge is 0.343 e. The second-order valence-electron chi connectivity index (χ2n) is 9.57. The number of aryl methyl sites for hydroxylation is 2. The zero-order valence-corrected chi connectivity index (χ0v) is 20.4. The Morgan fingerprint density at radius 1 is 0.939 bits per heavy atom. The number of likely N-dealkylation sites (tertiary alicyclic amines) is 1. The maximum atomic E-state index is 12.8. The van der Waals surface area contributed by atoms with Crippen LogP contribution in [-0.4, -0.2) is 87.8 Å². The number of hydrogen-bond acceptors (Lipinski definition) is 5. The minimum atomic E-state index is -3.63. The summed E-state index contributed by atoms with van der Waals surface area (Å²) in [7, 11) is -1.56. The van der Waals surface area contributed by atoms with Crippen molar-refractivity contribution < 1.29 is 18.0 Å². The van der Waals surface area contributed by atoms with E-state index in [-0.39, 0.29) is 35.6 Å². The first-order valence-corrected chi connectivity index (χ1v) is 13.7. The Morgan fingerprint density at radius 2 is 1.61 bits per heavy atom. The van der Waals surface area contributed by atoms with E-state index in [4.69, 9.17) is 0 Å². The van der Waals surface area contributed by atoms with Crippen LogP contribution in [0.15, 0.2) is 23.1 Å². The summed E-state index contributed by atoms with van der Waals surface area (Å²) in [4.78, 5) is 31.6. The molecule has 0 spiro atoms. The van der Waals surface area contributed by atoms with E-state index in [1.807, 2.05) is 11.0 Å². The van der Waals surface area contributed by atoms with Crippen molar-refractivity contribution in [1.29, 1.82) is 0 Å². The summed E-state index contributed by atoms with van der Waals surface area (Å²) in [6.07, 6.45) is 5.66. The summed E-state index contributed by atoms with van der Waals surface area (Å²) in [5.41, 5.74) is 2.36. The Morgan fingerprint density at radius 3 is 2.30 bits per heavy atom. The highest BCUT2D eigenvalue weighted by Crippen LogP contribution is 2.24. The summed E-state index contributed by atoms with van der Waals surface area (Å²) in [6, 6.07) is 5.36. The molecule has 0 bridgehead atoms. The van der Waals surface area contributed by atoms with Gasteiger partial charge in [-0.05, 0) is 68.8 Å². The first kappa shape index (κ1) is 24.2. The van der Waals surface area contributed by atoms with E-state index >= 15 is 0 Å². The number of piperidine rings is 1. The van der Waals surface area contributed by atoms with Gasteiger partial charge in [0, 0.05) is 58.2 Å². The molecule has 3 aliphatic rings. The maximum absolute atomic E-state index is 12.8. The van der Waals surface area contributed by atoms with E-state index < -0.39 is 10.0 Å². The molecule has 8 nitrogen and oxygen atoms in total. The van der Waals surface area contributed by atoms with Gasteiger partial charge < -0.3 is 14.7 Å². The Balaban J connectivity index is 1.21. The fourth-order valence-corrected chi connectivity index (χ4v) is 6.15. The van der Waals surface area contributed by atoms with Crippen LogP contribution in [0.5, 0.6) is 0 Å². The highest BCUT2D eigenvalue weighted by atomic mass is 32.2. The molecule has 1 N–H and O–H groups in total. The van der Waals surface area contributed by atoms with Crippen molar-refractivity contribution >= 4 is 21.8 Å². The van der Waals surface area contributed by atoms with Gasteiger partial charge in [-0.25, -0.2) is 13.1 Å².